The number of hydrogen-bond donors (Lipinski definition) is 2. The van der Waals surface area contributed by atoms with Crippen molar-refractivity contribution < 1.29 is 9.84 Å². The second-order valence-corrected chi connectivity index (χ2v) is 6.29. The molecule has 0 amide bonds. The second-order valence-electron chi connectivity index (χ2n) is 6.29. The molecule has 2 rings (SSSR count). The molecule has 0 saturated heterocycles. The highest BCUT2D eigenvalue weighted by Crippen LogP contribution is 2.32. The Hall–Kier alpha value is -1.97. The first-order chi connectivity index (χ1) is 11.1. The van der Waals surface area contributed by atoms with Crippen LogP contribution in [-0.2, 0) is 6.42 Å². The van der Waals surface area contributed by atoms with Crippen LogP contribution >= 0.6 is 0 Å². The van der Waals surface area contributed by atoms with Gasteiger partial charge in [-0.25, -0.2) is 4.98 Å². The number of nitrogens with one attached hydrogen (secondary N) is 1. The van der Waals surface area contributed by atoms with Gasteiger partial charge in [0.25, 0.3) is 0 Å². The molecule has 2 N–H and O–H groups in total. The fourth-order valence-electron chi connectivity index (χ4n) is 2.49. The zero-order valence-electron chi connectivity index (χ0n) is 14.4. The third-order valence-corrected chi connectivity index (χ3v) is 3.90. The number of aromatic nitrogens is 2. The van der Waals surface area contributed by atoms with Gasteiger partial charge >= 0.3 is 0 Å². The van der Waals surface area contributed by atoms with Crippen LogP contribution in [0.4, 0.5) is 0 Å². The molecule has 0 bridgehead atoms. The van der Waals surface area contributed by atoms with Gasteiger partial charge in [-0.2, -0.15) is 0 Å². The minimum Gasteiger partial charge on any atom is -0.504 e. The third kappa shape index (κ3) is 5.02. The predicted octanol–water partition coefficient (Wildman–Crippen LogP) is 5.54. The van der Waals surface area contributed by atoms with Crippen LogP contribution in [0, 0.1) is 0 Å². The molecule has 0 aliphatic heterocycles. The zero-order valence-corrected chi connectivity index (χ0v) is 14.4. The molecule has 0 unspecified atom stereocenters. The molecule has 0 saturated carbocycles. The molecule has 0 atom stereocenters. The van der Waals surface area contributed by atoms with Crippen molar-refractivity contribution in [3.8, 4) is 17.4 Å². The molecule has 126 valence electrons. The van der Waals surface area contributed by atoms with Crippen molar-refractivity contribution in [2.45, 2.75) is 65.2 Å². The van der Waals surface area contributed by atoms with E-state index >= 15 is 0 Å². The van der Waals surface area contributed by atoms with Gasteiger partial charge in [0.15, 0.2) is 11.5 Å². The lowest BCUT2D eigenvalue weighted by atomic mass is 10.1. The van der Waals surface area contributed by atoms with Crippen molar-refractivity contribution in [2.24, 2.45) is 0 Å². The predicted molar refractivity (Wildman–Crippen MR) is 93.3 cm³/mol. The first-order valence-corrected chi connectivity index (χ1v) is 8.66. The van der Waals surface area contributed by atoms with Gasteiger partial charge in [-0.05, 0) is 25.0 Å². The van der Waals surface area contributed by atoms with E-state index in [4.69, 9.17) is 9.72 Å². The van der Waals surface area contributed by atoms with Crippen LogP contribution in [0.5, 0.6) is 17.4 Å². The fourth-order valence-corrected chi connectivity index (χ4v) is 2.49. The van der Waals surface area contributed by atoms with E-state index in [1.807, 2.05) is 6.07 Å². The van der Waals surface area contributed by atoms with Crippen LogP contribution < -0.4 is 4.74 Å². The Morgan fingerprint density at radius 3 is 2.57 bits per heavy atom. The largest absolute Gasteiger partial charge is 0.504 e. The number of phenols is 1. The van der Waals surface area contributed by atoms with E-state index in [9.17, 15) is 5.11 Å². The Kier molecular flexibility index (Phi) is 6.51. The summed E-state index contributed by atoms with van der Waals surface area (Å²) in [5.41, 5.74) is 0.952. The molecule has 0 spiro atoms. The first-order valence-electron chi connectivity index (χ1n) is 8.66. The molecule has 1 heterocycles. The summed E-state index contributed by atoms with van der Waals surface area (Å²) in [7, 11) is 0. The lowest BCUT2D eigenvalue weighted by Crippen LogP contribution is -1.92. The molecule has 0 fully saturated rings. The van der Waals surface area contributed by atoms with E-state index in [-0.39, 0.29) is 5.75 Å². The summed E-state index contributed by atoms with van der Waals surface area (Å²) in [6.45, 7) is 6.43. The number of aryl methyl sites for hydroxylation is 1. The summed E-state index contributed by atoms with van der Waals surface area (Å²) >= 11 is 0. The van der Waals surface area contributed by atoms with E-state index in [1.165, 1.54) is 25.7 Å². The number of hydrogen-bond acceptors (Lipinski definition) is 3. The summed E-state index contributed by atoms with van der Waals surface area (Å²) in [4.78, 5) is 7.96. The molecule has 0 radical (unpaired) electrons. The monoisotopic (exact) mass is 316 g/mol. The summed E-state index contributed by atoms with van der Waals surface area (Å²) in [6, 6.07) is 7.01. The third-order valence-electron chi connectivity index (χ3n) is 3.90. The number of nitrogens with zero attached hydrogens (tertiary/aromatic N) is 1. The van der Waals surface area contributed by atoms with Gasteiger partial charge in [-0.15, -0.1) is 0 Å². The smallest absolute Gasteiger partial charge is 0.220 e. The number of imidazole rings is 1. The molecule has 1 aromatic carbocycles. The van der Waals surface area contributed by atoms with Crippen LogP contribution in [0.1, 0.15) is 70.3 Å². The Balaban J connectivity index is 2.08. The molecule has 2 aromatic rings. The highest BCUT2D eigenvalue weighted by molar-refractivity contribution is 5.41. The first kappa shape index (κ1) is 17.4. The highest BCUT2D eigenvalue weighted by Gasteiger charge is 2.15. The maximum atomic E-state index is 9.89. The maximum Gasteiger partial charge on any atom is 0.220 e. The topological polar surface area (TPSA) is 58.1 Å². The average Bonchev–Trinajstić information content (AvgIpc) is 2.93. The highest BCUT2D eigenvalue weighted by atomic mass is 16.5. The summed E-state index contributed by atoms with van der Waals surface area (Å²) < 4.78 is 5.88. The Morgan fingerprint density at radius 1 is 1.13 bits per heavy atom. The Bertz CT molecular complexity index is 605. The second kappa shape index (κ2) is 8.61. The van der Waals surface area contributed by atoms with Gasteiger partial charge in [0.1, 0.15) is 11.5 Å². The number of unbranched alkanes of at least 4 members (excludes halogenated alkanes) is 4. The maximum absolute atomic E-state index is 9.89. The number of H-pyrrole nitrogens is 1. The fraction of sp³-hybridized carbons (Fsp3) is 0.526. The number of ether oxygens (including phenoxy) is 1. The van der Waals surface area contributed by atoms with Crippen molar-refractivity contribution in [1.82, 2.24) is 9.97 Å². The number of benzene rings is 1. The van der Waals surface area contributed by atoms with E-state index in [2.05, 4.69) is 25.8 Å². The van der Waals surface area contributed by atoms with E-state index in [0.717, 1.165) is 24.4 Å². The zero-order chi connectivity index (χ0) is 16.7. The van der Waals surface area contributed by atoms with Crippen LogP contribution in [0.2, 0.25) is 0 Å². The van der Waals surface area contributed by atoms with Crippen molar-refractivity contribution in [1.29, 1.82) is 0 Å². The Morgan fingerprint density at radius 2 is 1.87 bits per heavy atom. The van der Waals surface area contributed by atoms with Gasteiger partial charge in [0.2, 0.25) is 5.88 Å². The average molecular weight is 316 g/mol. The van der Waals surface area contributed by atoms with Crippen molar-refractivity contribution in [3.63, 3.8) is 0 Å². The minimum absolute atomic E-state index is 0.141. The quantitative estimate of drug-likeness (QED) is 0.597. The van der Waals surface area contributed by atoms with Crippen molar-refractivity contribution >= 4 is 0 Å². The van der Waals surface area contributed by atoms with E-state index < -0.39 is 0 Å². The number of phenolic OH excluding ortho intramolecular Hbond substituents is 1. The van der Waals surface area contributed by atoms with Crippen LogP contribution in [0.25, 0.3) is 0 Å². The molecule has 0 aliphatic rings. The van der Waals surface area contributed by atoms with Gasteiger partial charge in [-0.1, -0.05) is 58.6 Å². The molecule has 0 aliphatic carbocycles. The normalized spacial score (nSPS) is 11.1. The SMILES string of the molecule is CCCCCCCc1nc(C(C)C)[nH]c1Oc1ccccc1O. The van der Waals surface area contributed by atoms with Crippen LogP contribution in [0.15, 0.2) is 24.3 Å². The van der Waals surface area contributed by atoms with Gasteiger partial charge in [0, 0.05) is 5.92 Å². The molecule has 1 aromatic heterocycles. The minimum atomic E-state index is 0.141. The lowest BCUT2D eigenvalue weighted by molar-refractivity contribution is 0.400. The number of para-hydroxylation sites is 2. The summed E-state index contributed by atoms with van der Waals surface area (Å²) in [5.74, 6) is 2.50. The number of rotatable bonds is 9. The summed E-state index contributed by atoms with van der Waals surface area (Å²) in [5, 5.41) is 9.89. The van der Waals surface area contributed by atoms with Gasteiger partial charge < -0.3 is 14.8 Å². The van der Waals surface area contributed by atoms with Crippen LogP contribution in [-0.4, -0.2) is 15.1 Å². The molecule has 4 nitrogen and oxygen atoms in total. The van der Waals surface area contributed by atoms with Crippen molar-refractivity contribution in [2.75, 3.05) is 0 Å². The number of aromatic amines is 1. The van der Waals surface area contributed by atoms with Crippen molar-refractivity contribution in [3.05, 3.63) is 35.8 Å². The molecule has 4 heteroatoms. The number of aromatic hydroxyl groups is 1. The van der Waals surface area contributed by atoms with E-state index in [1.54, 1.807) is 18.2 Å². The van der Waals surface area contributed by atoms with Gasteiger partial charge in [-0.3, -0.25) is 0 Å². The standard InChI is InChI=1S/C19H28N2O2/c1-4-5-6-7-8-11-15-19(21-18(20-15)14(2)3)23-17-13-10-9-12-16(17)22/h9-10,12-14,22H,4-8,11H2,1-3H3,(H,20,21). The molecule has 23 heavy (non-hydrogen) atoms. The summed E-state index contributed by atoms with van der Waals surface area (Å²) in [6.07, 6.45) is 7.04. The van der Waals surface area contributed by atoms with Crippen LogP contribution in [0.3, 0.4) is 0 Å². The lowest BCUT2D eigenvalue weighted by Gasteiger charge is -2.07. The van der Waals surface area contributed by atoms with E-state index in [0.29, 0.717) is 17.5 Å². The molecular weight excluding hydrogens is 288 g/mol. The Labute approximate surface area is 138 Å². The molecular formula is C19H28N2O2. The van der Waals surface area contributed by atoms with Gasteiger partial charge in [0.05, 0.1) is 0 Å².